The van der Waals surface area contributed by atoms with Crippen LogP contribution in [0, 0.1) is 22.7 Å². The molecule has 2 heterocycles. The molecule has 0 aliphatic rings. The highest BCUT2D eigenvalue weighted by Crippen LogP contribution is 2.46. The number of aromatic nitrogens is 2. The molecule has 2 aromatic heterocycles. The van der Waals surface area contributed by atoms with Gasteiger partial charge in [-0.15, -0.1) is 0 Å². The van der Waals surface area contributed by atoms with Gasteiger partial charge in [0.1, 0.15) is 11.6 Å². The van der Waals surface area contributed by atoms with Crippen molar-refractivity contribution in [2.75, 3.05) is 0 Å². The van der Waals surface area contributed by atoms with Crippen LogP contribution in [0.4, 0.5) is 13.2 Å². The van der Waals surface area contributed by atoms with Crippen molar-refractivity contribution in [1.29, 1.82) is 10.5 Å². The van der Waals surface area contributed by atoms with Crippen LogP contribution in [0.1, 0.15) is 16.7 Å². The van der Waals surface area contributed by atoms with Gasteiger partial charge in [0, 0.05) is 21.5 Å². The lowest BCUT2D eigenvalue weighted by molar-refractivity contribution is -0.137. The first-order valence-electron chi connectivity index (χ1n) is 22.9. The van der Waals surface area contributed by atoms with Crippen LogP contribution in [0.3, 0.4) is 0 Å². The van der Waals surface area contributed by atoms with E-state index in [2.05, 4.69) is 94.1 Å². The van der Waals surface area contributed by atoms with Gasteiger partial charge in [-0.2, -0.15) is 23.7 Å². The molecule has 0 radical (unpaired) electrons. The van der Waals surface area contributed by atoms with Crippen molar-refractivity contribution >= 4 is 43.6 Å². The minimum atomic E-state index is -4.66. The Morgan fingerprint density at radius 3 is 1.21 bits per heavy atom. The van der Waals surface area contributed by atoms with Gasteiger partial charge in [0.25, 0.3) is 0 Å². The molecule has 12 aromatic rings. The average Bonchev–Trinajstić information content (AvgIpc) is 3.94. The highest BCUT2D eigenvalue weighted by Gasteiger charge is 2.32. The second kappa shape index (κ2) is 16.7. The molecule has 0 aliphatic carbocycles. The topological polar surface area (TPSA) is 57.4 Å². The molecular weight excluding hydrogens is 870 g/mol. The van der Waals surface area contributed by atoms with Crippen molar-refractivity contribution < 1.29 is 13.2 Å². The Hall–Kier alpha value is -9.43. The van der Waals surface area contributed by atoms with Crippen molar-refractivity contribution in [3.63, 3.8) is 0 Å². The number of fused-ring (bicyclic) bond motifs is 6. The molecule has 0 bridgehead atoms. The molecule has 7 heteroatoms. The van der Waals surface area contributed by atoms with Crippen LogP contribution < -0.4 is 0 Å². The number of para-hydroxylation sites is 2. The van der Waals surface area contributed by atoms with Gasteiger partial charge in [-0.3, -0.25) is 0 Å². The smallest absolute Gasteiger partial charge is 0.308 e. The van der Waals surface area contributed by atoms with E-state index < -0.39 is 11.7 Å². The molecule has 0 saturated heterocycles. The number of nitrogens with zero attached hydrogens (tertiary/aromatic N) is 4. The molecule has 0 atom stereocenters. The highest BCUT2D eigenvalue weighted by molar-refractivity contribution is 6.18. The van der Waals surface area contributed by atoms with Crippen molar-refractivity contribution in [2.24, 2.45) is 0 Å². The lowest BCUT2D eigenvalue weighted by Crippen LogP contribution is -2.07. The van der Waals surface area contributed by atoms with Gasteiger partial charge in [0.05, 0.1) is 50.6 Å². The summed E-state index contributed by atoms with van der Waals surface area (Å²) in [7, 11) is 0. The zero-order valence-electron chi connectivity index (χ0n) is 37.3. The molecule has 330 valence electrons. The Balaban J connectivity index is 1.20. The number of hydrogen-bond acceptors (Lipinski definition) is 2. The third-order valence-corrected chi connectivity index (χ3v) is 13.5. The lowest BCUT2D eigenvalue weighted by atomic mass is 9.92. The first-order valence-corrected chi connectivity index (χ1v) is 22.9. The summed E-state index contributed by atoms with van der Waals surface area (Å²) in [4.78, 5) is 0. The summed E-state index contributed by atoms with van der Waals surface area (Å²) in [5, 5.41) is 26.1. The van der Waals surface area contributed by atoms with E-state index in [0.29, 0.717) is 28.1 Å². The van der Waals surface area contributed by atoms with Crippen LogP contribution in [0.2, 0.25) is 0 Å². The van der Waals surface area contributed by atoms with Crippen molar-refractivity contribution in [2.45, 2.75) is 6.18 Å². The van der Waals surface area contributed by atoms with Gasteiger partial charge in [-0.05, 0) is 104 Å². The molecule has 0 N–H and O–H groups in total. The number of rotatable bonds is 7. The number of alkyl halides is 3. The van der Waals surface area contributed by atoms with Gasteiger partial charge < -0.3 is 9.13 Å². The van der Waals surface area contributed by atoms with Gasteiger partial charge in [-0.25, -0.2) is 0 Å². The number of benzene rings is 10. The molecule has 12 rings (SSSR count). The Kier molecular flexibility index (Phi) is 10.0. The second-order valence-corrected chi connectivity index (χ2v) is 17.3. The van der Waals surface area contributed by atoms with E-state index >= 15 is 0 Å². The van der Waals surface area contributed by atoms with E-state index in [0.717, 1.165) is 100 Å². The summed E-state index contributed by atoms with van der Waals surface area (Å²) in [5.41, 5.74) is 12.8. The van der Waals surface area contributed by atoms with Gasteiger partial charge >= 0.3 is 6.18 Å². The standard InChI is InChI=1S/C63H37F3N4/c64-63(65,66)44-33-34-45(43(35-44)38-67)42-36-59(69-55-29-13-11-25-52(55)61-50(27-15-31-57(61)69)48-23-9-7-21-46(48)40-17-3-1-4-18-40)54(39-68)60(37-42)70-56-30-14-12-26-53(56)62-51(28-16-32-58(62)70)49-24-10-8-22-47(49)41-19-5-2-6-20-41/h1-37H. The van der Waals surface area contributed by atoms with Crippen LogP contribution in [0.15, 0.2) is 224 Å². The van der Waals surface area contributed by atoms with Crippen molar-refractivity contribution in [1.82, 2.24) is 9.13 Å². The zero-order valence-corrected chi connectivity index (χ0v) is 37.3. The summed E-state index contributed by atoms with van der Waals surface area (Å²) in [5.74, 6) is 0. The van der Waals surface area contributed by atoms with E-state index in [4.69, 9.17) is 0 Å². The van der Waals surface area contributed by atoms with Gasteiger partial charge in [0.2, 0.25) is 0 Å². The van der Waals surface area contributed by atoms with E-state index in [1.165, 1.54) is 6.07 Å². The minimum Gasteiger partial charge on any atom is -0.308 e. The first kappa shape index (κ1) is 42.0. The Morgan fingerprint density at radius 1 is 0.343 bits per heavy atom. The molecule has 70 heavy (non-hydrogen) atoms. The second-order valence-electron chi connectivity index (χ2n) is 17.3. The fourth-order valence-electron chi connectivity index (χ4n) is 10.5. The fourth-order valence-corrected chi connectivity index (χ4v) is 10.5. The number of halogens is 3. The normalized spacial score (nSPS) is 11.6. The Labute approximate surface area is 401 Å². The number of hydrogen-bond donors (Lipinski definition) is 0. The first-order chi connectivity index (χ1) is 34.3. The predicted molar refractivity (Wildman–Crippen MR) is 277 cm³/mol. The zero-order chi connectivity index (χ0) is 47.5. The molecule has 0 amide bonds. The Morgan fingerprint density at radius 2 is 0.757 bits per heavy atom. The average molecular weight is 907 g/mol. The third-order valence-electron chi connectivity index (χ3n) is 13.5. The lowest BCUT2D eigenvalue weighted by Gasteiger charge is -2.19. The largest absolute Gasteiger partial charge is 0.416 e. The minimum absolute atomic E-state index is 0.138. The maximum atomic E-state index is 14.2. The highest BCUT2D eigenvalue weighted by atomic mass is 19.4. The summed E-state index contributed by atoms with van der Waals surface area (Å²) in [6, 6.07) is 77.5. The maximum Gasteiger partial charge on any atom is 0.416 e. The molecule has 0 saturated carbocycles. The molecule has 0 unspecified atom stereocenters. The molecule has 4 nitrogen and oxygen atoms in total. The summed E-state index contributed by atoms with van der Waals surface area (Å²) in [6.45, 7) is 0. The van der Waals surface area contributed by atoms with Crippen LogP contribution >= 0.6 is 0 Å². The SMILES string of the molecule is N#Cc1cc(C(F)(F)F)ccc1-c1cc(-n2c3ccccc3c3c(-c4ccccc4-c4ccccc4)cccc32)c(C#N)c(-n2c3ccccc3c3c(-c4ccccc4-c4ccccc4)cccc32)c1. The van der Waals surface area contributed by atoms with Gasteiger partial charge in [-0.1, -0.05) is 176 Å². The maximum absolute atomic E-state index is 14.2. The van der Waals surface area contributed by atoms with Crippen molar-refractivity contribution in [3.05, 3.63) is 241 Å². The van der Waals surface area contributed by atoms with Crippen LogP contribution in [-0.2, 0) is 6.18 Å². The quantitative estimate of drug-likeness (QED) is 0.160. The van der Waals surface area contributed by atoms with Crippen LogP contribution in [-0.4, -0.2) is 9.13 Å². The third kappa shape index (κ3) is 6.75. The summed E-state index contributed by atoms with van der Waals surface area (Å²) >= 11 is 0. The van der Waals surface area contributed by atoms with E-state index in [9.17, 15) is 23.7 Å². The van der Waals surface area contributed by atoms with Gasteiger partial charge in [0.15, 0.2) is 0 Å². The predicted octanol–water partition coefficient (Wildman–Crippen LogP) is 17.0. The summed E-state index contributed by atoms with van der Waals surface area (Å²) in [6.07, 6.45) is -4.66. The Bertz CT molecular complexity index is 3910. The molecule has 0 aliphatic heterocycles. The van der Waals surface area contributed by atoms with E-state index in [1.54, 1.807) is 0 Å². The van der Waals surface area contributed by atoms with E-state index in [-0.39, 0.29) is 5.56 Å². The van der Waals surface area contributed by atoms with E-state index in [1.807, 2.05) is 133 Å². The molecule has 0 fully saturated rings. The van der Waals surface area contributed by atoms with Crippen LogP contribution in [0.5, 0.6) is 0 Å². The van der Waals surface area contributed by atoms with Crippen LogP contribution in [0.25, 0.3) is 111 Å². The fraction of sp³-hybridized carbons (Fsp3) is 0.0159. The monoisotopic (exact) mass is 906 g/mol. The molecule has 0 spiro atoms. The summed E-state index contributed by atoms with van der Waals surface area (Å²) < 4.78 is 46.9. The molecular formula is C63H37F3N4. The van der Waals surface area contributed by atoms with Crippen molar-refractivity contribution in [3.8, 4) is 79.1 Å². The molecule has 10 aromatic carbocycles. The number of nitriles is 2.